The number of H-pyrrole nitrogens is 1. The van der Waals surface area contributed by atoms with Crippen LogP contribution in [0.15, 0.2) is 48.5 Å². The lowest BCUT2D eigenvalue weighted by Crippen LogP contribution is -2.33. The molecule has 3 nitrogen and oxygen atoms in total. The fourth-order valence-corrected chi connectivity index (χ4v) is 4.50. The fourth-order valence-electron chi connectivity index (χ4n) is 4.50. The summed E-state index contributed by atoms with van der Waals surface area (Å²) in [5, 5.41) is 1.34. The maximum atomic E-state index is 6.15. The van der Waals surface area contributed by atoms with Gasteiger partial charge in [0.25, 0.3) is 0 Å². The lowest BCUT2D eigenvalue weighted by molar-refractivity contribution is 0.224. The normalized spacial score (nSPS) is 22.7. The van der Waals surface area contributed by atoms with Gasteiger partial charge in [0.05, 0.1) is 5.52 Å². The minimum atomic E-state index is 0.567. The van der Waals surface area contributed by atoms with Crippen LogP contribution in [0.3, 0.4) is 0 Å². The number of nitrogens with one attached hydrogen (secondary N) is 1. The number of aromatic amines is 1. The van der Waals surface area contributed by atoms with Crippen LogP contribution in [0, 0.1) is 0 Å². The Morgan fingerprint density at radius 1 is 1.08 bits per heavy atom. The smallest absolute Gasteiger partial charge is 0.143 e. The molecule has 2 atom stereocenters. The summed E-state index contributed by atoms with van der Waals surface area (Å²) in [4.78, 5) is 6.25. The molecule has 2 aliphatic heterocycles. The third-order valence-corrected chi connectivity index (χ3v) is 5.77. The highest BCUT2D eigenvalue weighted by molar-refractivity contribution is 5.90. The maximum Gasteiger partial charge on any atom is 0.143 e. The minimum Gasteiger partial charge on any atom is -0.487 e. The molecule has 2 aliphatic rings. The number of rotatable bonds is 3. The summed E-state index contributed by atoms with van der Waals surface area (Å²) < 4.78 is 6.15. The number of fused-ring (bicyclic) bond motifs is 6. The monoisotopic (exact) mass is 318 g/mol. The Morgan fingerprint density at radius 3 is 2.83 bits per heavy atom. The van der Waals surface area contributed by atoms with Crippen molar-refractivity contribution < 1.29 is 4.74 Å². The molecule has 1 aromatic heterocycles. The highest BCUT2D eigenvalue weighted by atomic mass is 16.5. The summed E-state index contributed by atoms with van der Waals surface area (Å²) in [6, 6.07) is 18.1. The number of para-hydroxylation sites is 1. The average Bonchev–Trinajstić information content (AvgIpc) is 3.09. The Kier molecular flexibility index (Phi) is 3.17. The van der Waals surface area contributed by atoms with Crippen molar-refractivity contribution >= 4 is 10.9 Å². The van der Waals surface area contributed by atoms with Gasteiger partial charge in [-0.3, -0.25) is 4.90 Å². The molecule has 5 rings (SSSR count). The van der Waals surface area contributed by atoms with Crippen LogP contribution in [0.2, 0.25) is 0 Å². The molecule has 1 saturated heterocycles. The first-order valence-electron chi connectivity index (χ1n) is 8.83. The number of hydrogen-bond donors (Lipinski definition) is 1. The van der Waals surface area contributed by atoms with Crippen molar-refractivity contribution in [3.05, 3.63) is 65.4 Å². The Morgan fingerprint density at radius 2 is 1.96 bits per heavy atom. The van der Waals surface area contributed by atoms with E-state index in [1.54, 1.807) is 0 Å². The number of likely N-dealkylation sites (N-methyl/N-ethyl adjacent to an activating group) is 1. The van der Waals surface area contributed by atoms with Gasteiger partial charge in [0, 0.05) is 29.6 Å². The summed E-state index contributed by atoms with van der Waals surface area (Å²) in [6.45, 7) is 0.607. The molecule has 3 heterocycles. The number of aromatic nitrogens is 1. The second kappa shape index (κ2) is 5.38. The summed E-state index contributed by atoms with van der Waals surface area (Å²) in [6.07, 6.45) is 3.72. The second-order valence-corrected chi connectivity index (χ2v) is 7.09. The van der Waals surface area contributed by atoms with Crippen LogP contribution < -0.4 is 4.74 Å². The number of hydrogen-bond acceptors (Lipinski definition) is 2. The molecular weight excluding hydrogens is 296 g/mol. The number of nitrogens with zero attached hydrogens (tertiary/aromatic N) is 1. The molecule has 0 unspecified atom stereocenters. The SMILES string of the molecule is CN1[C@H]2CC[C@@H]1c1c([nH]c3c(OCc4ccccc4)cccc13)C2. The van der Waals surface area contributed by atoms with Crippen LogP contribution in [0.5, 0.6) is 5.75 Å². The van der Waals surface area contributed by atoms with Gasteiger partial charge in [-0.2, -0.15) is 0 Å². The van der Waals surface area contributed by atoms with E-state index in [9.17, 15) is 0 Å². The zero-order valence-electron chi connectivity index (χ0n) is 14.0. The van der Waals surface area contributed by atoms with Crippen LogP contribution in [-0.4, -0.2) is 23.0 Å². The second-order valence-electron chi connectivity index (χ2n) is 7.09. The largest absolute Gasteiger partial charge is 0.487 e. The molecular formula is C21H22N2O. The standard InChI is InChI=1S/C21H22N2O/c1-23-15-10-11-18(23)20-16-8-5-9-19(21(16)22-17(20)12-15)24-13-14-6-3-2-4-7-14/h2-9,15,18,22H,10-13H2,1H3/t15-,18+/m0/s1. The van der Waals surface area contributed by atoms with E-state index < -0.39 is 0 Å². The third-order valence-electron chi connectivity index (χ3n) is 5.77. The molecule has 0 aliphatic carbocycles. The zero-order chi connectivity index (χ0) is 16.1. The Hall–Kier alpha value is -2.26. The first-order valence-corrected chi connectivity index (χ1v) is 8.83. The predicted molar refractivity (Wildman–Crippen MR) is 96.3 cm³/mol. The minimum absolute atomic E-state index is 0.567. The Bertz CT molecular complexity index is 883. The van der Waals surface area contributed by atoms with E-state index in [0.29, 0.717) is 18.7 Å². The lowest BCUT2D eigenvalue weighted by Gasteiger charge is -2.31. The van der Waals surface area contributed by atoms with Crippen molar-refractivity contribution in [1.29, 1.82) is 0 Å². The first kappa shape index (κ1) is 14.1. The van der Waals surface area contributed by atoms with E-state index >= 15 is 0 Å². The highest BCUT2D eigenvalue weighted by Gasteiger charge is 2.39. The Balaban J connectivity index is 1.53. The van der Waals surface area contributed by atoms with Gasteiger partial charge in [-0.25, -0.2) is 0 Å². The van der Waals surface area contributed by atoms with Gasteiger partial charge in [-0.1, -0.05) is 42.5 Å². The molecule has 1 fully saturated rings. The van der Waals surface area contributed by atoms with Gasteiger partial charge in [-0.05, 0) is 37.1 Å². The molecule has 2 bridgehead atoms. The highest BCUT2D eigenvalue weighted by Crippen LogP contribution is 2.46. The molecule has 122 valence electrons. The van der Waals surface area contributed by atoms with Crippen molar-refractivity contribution in [3.8, 4) is 5.75 Å². The Labute approximate surface area is 142 Å². The lowest BCUT2D eigenvalue weighted by atomic mass is 9.97. The van der Waals surface area contributed by atoms with Crippen LogP contribution in [-0.2, 0) is 13.0 Å². The topological polar surface area (TPSA) is 28.3 Å². The van der Waals surface area contributed by atoms with Crippen LogP contribution >= 0.6 is 0 Å². The maximum absolute atomic E-state index is 6.15. The number of ether oxygens (including phenoxy) is 1. The molecule has 0 radical (unpaired) electrons. The third kappa shape index (κ3) is 2.08. The van der Waals surface area contributed by atoms with Gasteiger partial charge in [0.2, 0.25) is 0 Å². The van der Waals surface area contributed by atoms with E-state index in [1.807, 2.05) is 6.07 Å². The molecule has 3 aromatic rings. The molecule has 0 amide bonds. The molecule has 0 saturated carbocycles. The number of benzene rings is 2. The van der Waals surface area contributed by atoms with Gasteiger partial charge >= 0.3 is 0 Å². The summed E-state index contributed by atoms with van der Waals surface area (Å²) in [5.41, 5.74) is 5.29. The molecule has 0 spiro atoms. The van der Waals surface area contributed by atoms with Crippen LogP contribution in [0.4, 0.5) is 0 Å². The molecule has 24 heavy (non-hydrogen) atoms. The molecule has 3 heteroatoms. The van der Waals surface area contributed by atoms with E-state index in [-0.39, 0.29) is 0 Å². The van der Waals surface area contributed by atoms with Crippen LogP contribution in [0.25, 0.3) is 10.9 Å². The molecule has 2 aromatic carbocycles. The summed E-state index contributed by atoms with van der Waals surface area (Å²) in [5.74, 6) is 0.962. The quantitative estimate of drug-likeness (QED) is 0.773. The fraction of sp³-hybridized carbons (Fsp3) is 0.333. The summed E-state index contributed by atoms with van der Waals surface area (Å²) in [7, 11) is 2.28. The van der Waals surface area contributed by atoms with Gasteiger partial charge < -0.3 is 9.72 Å². The first-order chi connectivity index (χ1) is 11.8. The van der Waals surface area contributed by atoms with Gasteiger partial charge in [-0.15, -0.1) is 0 Å². The van der Waals surface area contributed by atoms with Crippen molar-refractivity contribution in [2.45, 2.75) is 38.0 Å². The predicted octanol–water partition coefficient (Wildman–Crippen LogP) is 4.44. The van der Waals surface area contributed by atoms with Crippen molar-refractivity contribution in [2.75, 3.05) is 7.05 Å². The molecule has 1 N–H and O–H groups in total. The van der Waals surface area contributed by atoms with E-state index in [2.05, 4.69) is 59.4 Å². The van der Waals surface area contributed by atoms with Crippen molar-refractivity contribution in [2.24, 2.45) is 0 Å². The summed E-state index contributed by atoms with van der Waals surface area (Å²) >= 11 is 0. The average molecular weight is 318 g/mol. The van der Waals surface area contributed by atoms with Crippen molar-refractivity contribution in [3.63, 3.8) is 0 Å². The van der Waals surface area contributed by atoms with E-state index in [1.165, 1.54) is 40.6 Å². The van der Waals surface area contributed by atoms with E-state index in [4.69, 9.17) is 4.74 Å². The van der Waals surface area contributed by atoms with Crippen LogP contribution in [0.1, 0.15) is 35.7 Å². The van der Waals surface area contributed by atoms with Gasteiger partial charge in [0.1, 0.15) is 12.4 Å². The van der Waals surface area contributed by atoms with E-state index in [0.717, 1.165) is 12.2 Å². The van der Waals surface area contributed by atoms with Gasteiger partial charge in [0.15, 0.2) is 0 Å². The van der Waals surface area contributed by atoms with Crippen molar-refractivity contribution in [1.82, 2.24) is 9.88 Å². The zero-order valence-corrected chi connectivity index (χ0v) is 14.0.